The summed E-state index contributed by atoms with van der Waals surface area (Å²) in [5.41, 5.74) is 1.44. The normalized spacial score (nSPS) is 11.4. The number of carbonyl (C=O) groups is 1. The minimum atomic E-state index is -4.88. The zero-order valence-corrected chi connectivity index (χ0v) is 9.46. The van der Waals surface area contributed by atoms with Crippen molar-refractivity contribution in [2.24, 2.45) is 5.73 Å². The van der Waals surface area contributed by atoms with Crippen molar-refractivity contribution >= 4 is 11.6 Å². The number of benzene rings is 1. The number of carbonyl (C=O) groups excluding carboxylic acids is 1. The van der Waals surface area contributed by atoms with Crippen LogP contribution in [0.2, 0.25) is 0 Å². The van der Waals surface area contributed by atoms with E-state index in [2.05, 4.69) is 0 Å². The lowest BCUT2D eigenvalue weighted by Crippen LogP contribution is -2.21. The number of nitrogens with zero attached hydrogens (tertiary/aromatic N) is 1. The SMILES string of the molecule is Cc1cc(C(N)=O)c(C(F)(F)F)c(C)c1[N+](=O)[O-]. The summed E-state index contributed by atoms with van der Waals surface area (Å²) in [6, 6.07) is 0.788. The van der Waals surface area contributed by atoms with Gasteiger partial charge in [-0.3, -0.25) is 14.9 Å². The van der Waals surface area contributed by atoms with Crippen molar-refractivity contribution in [1.82, 2.24) is 0 Å². The Bertz CT molecular complexity index is 538. The van der Waals surface area contributed by atoms with E-state index in [0.717, 1.165) is 13.0 Å². The molecule has 0 atom stereocenters. The van der Waals surface area contributed by atoms with Gasteiger partial charge < -0.3 is 5.73 Å². The highest BCUT2D eigenvalue weighted by Gasteiger charge is 2.40. The first kappa shape index (κ1) is 13.9. The van der Waals surface area contributed by atoms with Crippen LogP contribution in [0.1, 0.15) is 27.0 Å². The van der Waals surface area contributed by atoms with Gasteiger partial charge in [0.25, 0.3) is 5.69 Å². The van der Waals surface area contributed by atoms with Gasteiger partial charge in [-0.25, -0.2) is 0 Å². The fraction of sp³-hybridized carbons (Fsp3) is 0.300. The molecular formula is C10H9F3N2O3. The Balaban J connectivity index is 3.80. The summed E-state index contributed by atoms with van der Waals surface area (Å²) in [5, 5.41) is 10.7. The van der Waals surface area contributed by atoms with Gasteiger partial charge in [-0.1, -0.05) is 0 Å². The largest absolute Gasteiger partial charge is 0.417 e. The molecule has 0 fully saturated rings. The number of primary amides is 1. The van der Waals surface area contributed by atoms with Crippen LogP contribution in [0.5, 0.6) is 0 Å². The van der Waals surface area contributed by atoms with Crippen LogP contribution in [0.25, 0.3) is 0 Å². The third-order valence-corrected chi connectivity index (χ3v) is 2.47. The molecule has 18 heavy (non-hydrogen) atoms. The Morgan fingerprint density at radius 2 is 1.89 bits per heavy atom. The monoisotopic (exact) mass is 262 g/mol. The molecule has 0 saturated heterocycles. The van der Waals surface area contributed by atoms with Crippen LogP contribution in [-0.2, 0) is 6.18 Å². The van der Waals surface area contributed by atoms with Gasteiger partial charge in [0.15, 0.2) is 0 Å². The van der Waals surface area contributed by atoms with E-state index in [0.29, 0.717) is 0 Å². The van der Waals surface area contributed by atoms with Gasteiger partial charge in [-0.05, 0) is 19.9 Å². The van der Waals surface area contributed by atoms with Gasteiger partial charge in [0, 0.05) is 11.1 Å². The molecule has 2 N–H and O–H groups in total. The van der Waals surface area contributed by atoms with Crippen LogP contribution in [0.4, 0.5) is 18.9 Å². The maximum absolute atomic E-state index is 12.8. The molecule has 0 heterocycles. The topological polar surface area (TPSA) is 86.2 Å². The molecule has 0 spiro atoms. The van der Waals surface area contributed by atoms with Gasteiger partial charge in [0.2, 0.25) is 5.91 Å². The van der Waals surface area contributed by atoms with Gasteiger partial charge >= 0.3 is 6.18 Å². The van der Waals surface area contributed by atoms with Crippen molar-refractivity contribution < 1.29 is 22.9 Å². The van der Waals surface area contributed by atoms with E-state index in [1.54, 1.807) is 0 Å². The Morgan fingerprint density at radius 1 is 1.39 bits per heavy atom. The smallest absolute Gasteiger partial charge is 0.366 e. The van der Waals surface area contributed by atoms with E-state index in [-0.39, 0.29) is 5.56 Å². The van der Waals surface area contributed by atoms with Gasteiger partial charge in [-0.15, -0.1) is 0 Å². The number of halogens is 3. The van der Waals surface area contributed by atoms with E-state index in [4.69, 9.17) is 5.73 Å². The maximum atomic E-state index is 12.8. The molecule has 0 unspecified atom stereocenters. The van der Waals surface area contributed by atoms with Crippen LogP contribution in [-0.4, -0.2) is 10.8 Å². The predicted molar refractivity (Wildman–Crippen MR) is 56.1 cm³/mol. The summed E-state index contributed by atoms with van der Waals surface area (Å²) in [5.74, 6) is -1.27. The van der Waals surface area contributed by atoms with Crippen LogP contribution >= 0.6 is 0 Å². The van der Waals surface area contributed by atoms with Crippen LogP contribution in [0, 0.1) is 24.0 Å². The first-order chi connectivity index (χ1) is 8.07. The average Bonchev–Trinajstić information content (AvgIpc) is 2.12. The van der Waals surface area contributed by atoms with Crippen molar-refractivity contribution in [1.29, 1.82) is 0 Å². The minimum Gasteiger partial charge on any atom is -0.366 e. The second kappa shape index (κ2) is 4.28. The highest BCUT2D eigenvalue weighted by Crippen LogP contribution is 2.39. The first-order valence-electron chi connectivity index (χ1n) is 4.73. The zero-order chi connectivity index (χ0) is 14.2. The van der Waals surface area contributed by atoms with Crippen molar-refractivity contribution in [3.63, 3.8) is 0 Å². The summed E-state index contributed by atoms with van der Waals surface area (Å²) in [4.78, 5) is 20.8. The fourth-order valence-electron chi connectivity index (χ4n) is 1.81. The van der Waals surface area contributed by atoms with Crippen molar-refractivity contribution in [3.05, 3.63) is 38.4 Å². The number of nitro groups is 1. The molecule has 0 aliphatic rings. The lowest BCUT2D eigenvalue weighted by atomic mass is 9.95. The molecule has 0 radical (unpaired) electrons. The Kier molecular flexibility index (Phi) is 3.32. The molecule has 98 valence electrons. The molecule has 5 nitrogen and oxygen atoms in total. The lowest BCUT2D eigenvalue weighted by Gasteiger charge is -2.15. The Labute approximate surface area is 99.5 Å². The molecule has 0 saturated carbocycles. The molecule has 0 aromatic heterocycles. The van der Waals surface area contributed by atoms with Crippen molar-refractivity contribution in [3.8, 4) is 0 Å². The molecule has 1 amide bonds. The van der Waals surface area contributed by atoms with Crippen LogP contribution < -0.4 is 5.73 Å². The van der Waals surface area contributed by atoms with Crippen LogP contribution in [0.15, 0.2) is 6.07 Å². The Hall–Kier alpha value is -2.12. The number of alkyl halides is 3. The van der Waals surface area contributed by atoms with Gasteiger partial charge in [0.1, 0.15) is 0 Å². The number of rotatable bonds is 2. The van der Waals surface area contributed by atoms with Crippen molar-refractivity contribution in [2.45, 2.75) is 20.0 Å². The summed E-state index contributed by atoms with van der Waals surface area (Å²) in [7, 11) is 0. The third kappa shape index (κ3) is 2.27. The van der Waals surface area contributed by atoms with Gasteiger partial charge in [0.05, 0.1) is 16.1 Å². The molecule has 0 aliphatic carbocycles. The molecular weight excluding hydrogens is 253 g/mol. The van der Waals surface area contributed by atoms with E-state index < -0.39 is 39.4 Å². The number of amides is 1. The third-order valence-electron chi connectivity index (χ3n) is 2.47. The number of hydrogen-bond acceptors (Lipinski definition) is 3. The average molecular weight is 262 g/mol. The molecule has 1 aromatic rings. The molecule has 1 rings (SSSR count). The highest BCUT2D eigenvalue weighted by atomic mass is 19.4. The minimum absolute atomic E-state index is 0.0423. The number of nitro benzene ring substituents is 1. The maximum Gasteiger partial charge on any atom is 0.417 e. The summed E-state index contributed by atoms with van der Waals surface area (Å²) >= 11 is 0. The van der Waals surface area contributed by atoms with E-state index >= 15 is 0 Å². The van der Waals surface area contributed by atoms with Crippen molar-refractivity contribution in [2.75, 3.05) is 0 Å². The fourth-order valence-corrected chi connectivity index (χ4v) is 1.81. The van der Waals surface area contributed by atoms with Crippen LogP contribution in [0.3, 0.4) is 0 Å². The van der Waals surface area contributed by atoms with Gasteiger partial charge in [-0.2, -0.15) is 13.2 Å². The quantitative estimate of drug-likeness (QED) is 0.655. The standard InChI is InChI=1S/C10H9F3N2O3/c1-4-3-6(9(14)16)7(10(11,12)13)5(2)8(4)15(17)18/h3H,1-2H3,(H2,14,16). The second-order valence-corrected chi connectivity index (χ2v) is 3.71. The summed E-state index contributed by atoms with van der Waals surface area (Å²) in [6.07, 6.45) is -4.88. The first-order valence-corrected chi connectivity index (χ1v) is 4.73. The van der Waals surface area contributed by atoms with E-state index in [1.165, 1.54) is 6.92 Å². The number of aryl methyl sites for hydroxylation is 1. The Morgan fingerprint density at radius 3 is 2.22 bits per heavy atom. The number of hydrogen-bond donors (Lipinski definition) is 1. The second-order valence-electron chi connectivity index (χ2n) is 3.71. The molecule has 8 heteroatoms. The number of nitrogens with two attached hydrogens (primary N) is 1. The highest BCUT2D eigenvalue weighted by molar-refractivity contribution is 5.95. The molecule has 0 aliphatic heterocycles. The summed E-state index contributed by atoms with van der Waals surface area (Å²) < 4.78 is 38.4. The summed E-state index contributed by atoms with van der Waals surface area (Å²) in [6.45, 7) is 2.19. The lowest BCUT2D eigenvalue weighted by molar-refractivity contribution is -0.386. The van der Waals surface area contributed by atoms with E-state index in [1.807, 2.05) is 0 Å². The predicted octanol–water partition coefficient (Wildman–Crippen LogP) is 2.33. The molecule has 1 aromatic carbocycles. The molecule has 0 bridgehead atoms. The zero-order valence-electron chi connectivity index (χ0n) is 9.46. The van der Waals surface area contributed by atoms with E-state index in [9.17, 15) is 28.1 Å².